The second-order valence-corrected chi connectivity index (χ2v) is 5.27. The lowest BCUT2D eigenvalue weighted by molar-refractivity contribution is -0.00727. The summed E-state index contributed by atoms with van der Waals surface area (Å²) in [6.45, 7) is 6.45. The van der Waals surface area contributed by atoms with E-state index in [2.05, 4.69) is 20.8 Å². The third kappa shape index (κ3) is 0.686. The second kappa shape index (κ2) is 2.05. The van der Waals surface area contributed by atoms with Crippen molar-refractivity contribution in [2.45, 2.75) is 45.8 Å². The molecule has 0 aromatic rings. The standard InChI is InChI=1S/C10H18O2/c1-9(2)6-4-8(12)10(9,3)5-7(6)11/h6-8,11-12H,4-5H2,1-3H3/t6-,7+,8+,10-/m0/s1. The SMILES string of the molecule is CC1(C)[C@H]2C[C@@H](O)[C@]1(C)C[C@H]2O. The van der Waals surface area contributed by atoms with E-state index in [-0.39, 0.29) is 23.0 Å². The van der Waals surface area contributed by atoms with E-state index in [0.29, 0.717) is 5.92 Å². The van der Waals surface area contributed by atoms with Gasteiger partial charge in [-0.1, -0.05) is 20.8 Å². The monoisotopic (exact) mass is 170 g/mol. The number of hydrogen-bond acceptors (Lipinski definition) is 2. The maximum Gasteiger partial charge on any atom is 0.0603 e. The van der Waals surface area contributed by atoms with Crippen LogP contribution in [-0.4, -0.2) is 22.4 Å². The van der Waals surface area contributed by atoms with E-state index in [9.17, 15) is 10.2 Å². The molecule has 0 heterocycles. The highest BCUT2D eigenvalue weighted by Crippen LogP contribution is 2.65. The molecule has 12 heavy (non-hydrogen) atoms. The van der Waals surface area contributed by atoms with Crippen LogP contribution in [0.5, 0.6) is 0 Å². The van der Waals surface area contributed by atoms with Crippen molar-refractivity contribution in [3.8, 4) is 0 Å². The predicted octanol–water partition coefficient (Wildman–Crippen LogP) is 1.16. The minimum Gasteiger partial charge on any atom is -0.393 e. The topological polar surface area (TPSA) is 40.5 Å². The van der Waals surface area contributed by atoms with Gasteiger partial charge in [0.25, 0.3) is 0 Å². The first kappa shape index (κ1) is 8.52. The van der Waals surface area contributed by atoms with Crippen LogP contribution in [0.25, 0.3) is 0 Å². The minimum atomic E-state index is -0.208. The van der Waals surface area contributed by atoms with Crippen molar-refractivity contribution in [1.82, 2.24) is 0 Å². The van der Waals surface area contributed by atoms with Gasteiger partial charge < -0.3 is 10.2 Å². The molecule has 4 atom stereocenters. The van der Waals surface area contributed by atoms with Crippen LogP contribution in [0.3, 0.4) is 0 Å². The Kier molecular flexibility index (Phi) is 1.45. The largest absolute Gasteiger partial charge is 0.393 e. The molecular formula is C10H18O2. The molecule has 0 spiro atoms. The third-order valence-electron chi connectivity index (χ3n) is 4.71. The van der Waals surface area contributed by atoms with Crippen LogP contribution in [0.4, 0.5) is 0 Å². The zero-order valence-corrected chi connectivity index (χ0v) is 8.04. The molecule has 0 radical (unpaired) electrons. The van der Waals surface area contributed by atoms with Gasteiger partial charge in [0.2, 0.25) is 0 Å². The van der Waals surface area contributed by atoms with Gasteiger partial charge in [-0.15, -0.1) is 0 Å². The summed E-state index contributed by atoms with van der Waals surface area (Å²) in [6, 6.07) is 0. The quantitative estimate of drug-likeness (QED) is 0.573. The summed E-state index contributed by atoms with van der Waals surface area (Å²) in [6.07, 6.45) is 1.16. The summed E-state index contributed by atoms with van der Waals surface area (Å²) in [5.74, 6) is 0.303. The van der Waals surface area contributed by atoms with E-state index < -0.39 is 0 Å². The fourth-order valence-corrected chi connectivity index (χ4v) is 3.26. The van der Waals surface area contributed by atoms with Crippen molar-refractivity contribution in [3.05, 3.63) is 0 Å². The molecule has 2 aliphatic carbocycles. The van der Waals surface area contributed by atoms with E-state index >= 15 is 0 Å². The Labute approximate surface area is 73.6 Å². The van der Waals surface area contributed by atoms with E-state index in [1.54, 1.807) is 0 Å². The molecule has 70 valence electrons. The summed E-state index contributed by atoms with van der Waals surface area (Å²) in [4.78, 5) is 0. The number of aliphatic hydroxyl groups excluding tert-OH is 2. The average molecular weight is 170 g/mol. The van der Waals surface area contributed by atoms with Gasteiger partial charge in [-0.05, 0) is 24.2 Å². The van der Waals surface area contributed by atoms with Crippen LogP contribution in [0, 0.1) is 16.7 Å². The number of rotatable bonds is 0. The van der Waals surface area contributed by atoms with Crippen molar-refractivity contribution >= 4 is 0 Å². The zero-order valence-electron chi connectivity index (χ0n) is 8.04. The van der Waals surface area contributed by atoms with Crippen molar-refractivity contribution < 1.29 is 10.2 Å². The number of aliphatic hydroxyl groups is 2. The Hall–Kier alpha value is -0.0800. The number of fused-ring (bicyclic) bond motifs is 2. The predicted molar refractivity (Wildman–Crippen MR) is 46.6 cm³/mol. The lowest BCUT2D eigenvalue weighted by Crippen LogP contribution is -2.36. The molecular weight excluding hydrogens is 152 g/mol. The highest BCUT2D eigenvalue weighted by Gasteiger charge is 2.64. The van der Waals surface area contributed by atoms with Gasteiger partial charge in [-0.2, -0.15) is 0 Å². The van der Waals surface area contributed by atoms with E-state index in [1.807, 2.05) is 0 Å². The van der Waals surface area contributed by atoms with Gasteiger partial charge in [-0.25, -0.2) is 0 Å². The van der Waals surface area contributed by atoms with Crippen molar-refractivity contribution in [1.29, 1.82) is 0 Å². The van der Waals surface area contributed by atoms with Gasteiger partial charge in [0.05, 0.1) is 12.2 Å². The highest BCUT2D eigenvalue weighted by atomic mass is 16.3. The first-order valence-electron chi connectivity index (χ1n) is 4.76. The molecule has 0 amide bonds. The molecule has 0 aliphatic heterocycles. The summed E-state index contributed by atoms with van der Waals surface area (Å²) in [5.41, 5.74) is 0.0446. The average Bonchev–Trinajstić information content (AvgIpc) is 2.18. The molecule has 2 nitrogen and oxygen atoms in total. The molecule has 0 aromatic heterocycles. The molecule has 0 aromatic carbocycles. The van der Waals surface area contributed by atoms with Crippen LogP contribution in [0.15, 0.2) is 0 Å². The molecule has 2 aliphatic rings. The van der Waals surface area contributed by atoms with Crippen LogP contribution < -0.4 is 0 Å². The number of hydrogen-bond donors (Lipinski definition) is 2. The summed E-state index contributed by atoms with van der Waals surface area (Å²) >= 11 is 0. The summed E-state index contributed by atoms with van der Waals surface area (Å²) in [7, 11) is 0. The fourth-order valence-electron chi connectivity index (χ4n) is 3.26. The van der Waals surface area contributed by atoms with Crippen molar-refractivity contribution in [3.63, 3.8) is 0 Å². The maximum atomic E-state index is 9.82. The molecule has 0 unspecified atom stereocenters. The van der Waals surface area contributed by atoms with Gasteiger partial charge in [0.1, 0.15) is 0 Å². The smallest absolute Gasteiger partial charge is 0.0603 e. The Morgan fingerprint density at radius 2 is 1.75 bits per heavy atom. The maximum absolute atomic E-state index is 9.82. The van der Waals surface area contributed by atoms with E-state index in [4.69, 9.17) is 0 Å². The zero-order chi connectivity index (χ0) is 9.15. The lowest BCUT2D eigenvalue weighted by Gasteiger charge is -2.36. The van der Waals surface area contributed by atoms with Crippen LogP contribution in [0.1, 0.15) is 33.6 Å². The fraction of sp³-hybridized carbons (Fsp3) is 1.00. The van der Waals surface area contributed by atoms with E-state index in [1.165, 1.54) is 0 Å². The Bertz CT molecular complexity index is 212. The third-order valence-corrected chi connectivity index (χ3v) is 4.71. The molecule has 2 heteroatoms. The van der Waals surface area contributed by atoms with Gasteiger partial charge >= 0.3 is 0 Å². The Morgan fingerprint density at radius 1 is 1.17 bits per heavy atom. The Balaban J connectivity index is 2.41. The first-order chi connectivity index (χ1) is 5.39. The summed E-state index contributed by atoms with van der Waals surface area (Å²) in [5, 5.41) is 19.5. The molecule has 2 bridgehead atoms. The molecule has 0 saturated heterocycles. The van der Waals surface area contributed by atoms with Crippen LogP contribution >= 0.6 is 0 Å². The molecule has 2 rings (SSSR count). The molecule has 2 N–H and O–H groups in total. The van der Waals surface area contributed by atoms with Crippen molar-refractivity contribution in [2.24, 2.45) is 16.7 Å². The normalized spacial score (nSPS) is 56.2. The molecule has 2 saturated carbocycles. The highest BCUT2D eigenvalue weighted by molar-refractivity contribution is 5.13. The second-order valence-electron chi connectivity index (χ2n) is 5.27. The first-order valence-corrected chi connectivity index (χ1v) is 4.76. The van der Waals surface area contributed by atoms with Crippen LogP contribution in [0.2, 0.25) is 0 Å². The van der Waals surface area contributed by atoms with Gasteiger partial charge in [0, 0.05) is 5.41 Å². The van der Waals surface area contributed by atoms with Gasteiger partial charge in [0.15, 0.2) is 0 Å². The lowest BCUT2D eigenvalue weighted by atomic mass is 9.70. The minimum absolute atomic E-state index is 0.0584. The van der Waals surface area contributed by atoms with E-state index in [0.717, 1.165) is 12.8 Å². The molecule has 2 fully saturated rings. The van der Waals surface area contributed by atoms with Crippen molar-refractivity contribution in [2.75, 3.05) is 0 Å². The van der Waals surface area contributed by atoms with Gasteiger partial charge in [-0.3, -0.25) is 0 Å². The van der Waals surface area contributed by atoms with Crippen LogP contribution in [-0.2, 0) is 0 Å². The summed E-state index contributed by atoms with van der Waals surface area (Å²) < 4.78 is 0. The Morgan fingerprint density at radius 3 is 2.00 bits per heavy atom.